The average molecular weight is 321 g/mol. The molecule has 1 aromatic carbocycles. The monoisotopic (exact) mass is 321 g/mol. The lowest BCUT2D eigenvalue weighted by Gasteiger charge is -2.21. The van der Waals surface area contributed by atoms with Crippen LogP contribution in [0.15, 0.2) is 41.6 Å². The van der Waals surface area contributed by atoms with Gasteiger partial charge < -0.3 is 5.11 Å². The summed E-state index contributed by atoms with van der Waals surface area (Å²) in [6.07, 6.45) is 4.35. The Balaban J connectivity index is 1.91. The first kappa shape index (κ1) is 15.2. The summed E-state index contributed by atoms with van der Waals surface area (Å²) in [4.78, 5) is 0.161. The Hall–Kier alpha value is -1.70. The third kappa shape index (κ3) is 2.67. The number of nitrogens with zero attached hydrogens (tertiary/aromatic N) is 3. The van der Waals surface area contributed by atoms with E-state index in [1.807, 2.05) is 31.2 Å². The van der Waals surface area contributed by atoms with E-state index in [1.165, 1.54) is 16.7 Å². The number of aryl methyl sites for hydroxylation is 1. The molecule has 1 fully saturated rings. The number of rotatable bonds is 4. The molecule has 1 aliphatic heterocycles. The average Bonchev–Trinajstić information content (AvgIpc) is 3.17. The van der Waals surface area contributed by atoms with Crippen LogP contribution >= 0.6 is 0 Å². The molecule has 0 amide bonds. The van der Waals surface area contributed by atoms with Gasteiger partial charge in [-0.15, -0.1) is 0 Å². The molecule has 1 aliphatic rings. The molecule has 2 heterocycles. The SMILES string of the molecule is Cc1ccc(-n2cc(S(=O)(=O)N3CCC[C@@H]3CO)cn2)cc1. The fraction of sp³-hybridized carbons (Fsp3) is 0.400. The first-order chi connectivity index (χ1) is 10.5. The van der Waals surface area contributed by atoms with E-state index in [0.717, 1.165) is 17.7 Å². The van der Waals surface area contributed by atoms with Gasteiger partial charge in [-0.25, -0.2) is 13.1 Å². The smallest absolute Gasteiger partial charge is 0.246 e. The molecule has 118 valence electrons. The lowest BCUT2D eigenvalue weighted by Crippen LogP contribution is -2.37. The standard InChI is InChI=1S/C15H19N3O3S/c1-12-4-6-13(7-5-12)17-10-15(9-16-17)22(20,21)18-8-2-3-14(18)11-19/h4-7,9-10,14,19H,2-3,8,11H2,1H3/t14-/m1/s1. The summed E-state index contributed by atoms with van der Waals surface area (Å²) < 4.78 is 28.3. The normalized spacial score (nSPS) is 19.6. The van der Waals surface area contributed by atoms with Crippen molar-refractivity contribution < 1.29 is 13.5 Å². The largest absolute Gasteiger partial charge is 0.395 e. The van der Waals surface area contributed by atoms with Crippen LogP contribution in [-0.4, -0.2) is 46.8 Å². The summed E-state index contributed by atoms with van der Waals surface area (Å²) >= 11 is 0. The van der Waals surface area contributed by atoms with Gasteiger partial charge in [0.25, 0.3) is 0 Å². The van der Waals surface area contributed by atoms with Crippen molar-refractivity contribution in [1.29, 1.82) is 0 Å². The van der Waals surface area contributed by atoms with Gasteiger partial charge in [-0.2, -0.15) is 9.40 Å². The number of aromatic nitrogens is 2. The Morgan fingerprint density at radius 2 is 2.05 bits per heavy atom. The number of hydrogen-bond acceptors (Lipinski definition) is 4. The van der Waals surface area contributed by atoms with Gasteiger partial charge in [-0.3, -0.25) is 0 Å². The van der Waals surface area contributed by atoms with Gasteiger partial charge in [0.05, 0.1) is 24.7 Å². The van der Waals surface area contributed by atoms with Crippen LogP contribution in [0.2, 0.25) is 0 Å². The van der Waals surface area contributed by atoms with E-state index in [1.54, 1.807) is 4.68 Å². The van der Waals surface area contributed by atoms with Crippen LogP contribution in [0, 0.1) is 6.92 Å². The molecule has 2 aromatic rings. The molecule has 0 saturated carbocycles. The van der Waals surface area contributed by atoms with Crippen LogP contribution in [0.5, 0.6) is 0 Å². The van der Waals surface area contributed by atoms with Crippen molar-refractivity contribution in [2.45, 2.75) is 30.7 Å². The zero-order chi connectivity index (χ0) is 15.7. The van der Waals surface area contributed by atoms with Gasteiger partial charge in [0, 0.05) is 12.6 Å². The first-order valence-corrected chi connectivity index (χ1v) is 8.71. The lowest BCUT2D eigenvalue weighted by atomic mass is 10.2. The third-order valence-electron chi connectivity index (χ3n) is 4.00. The second kappa shape index (κ2) is 5.83. The second-order valence-electron chi connectivity index (χ2n) is 5.55. The molecule has 0 unspecified atom stereocenters. The Kier molecular flexibility index (Phi) is 4.03. The molecule has 7 heteroatoms. The van der Waals surface area contributed by atoms with Gasteiger partial charge in [-0.05, 0) is 31.9 Å². The highest BCUT2D eigenvalue weighted by Gasteiger charge is 2.35. The van der Waals surface area contributed by atoms with Crippen LogP contribution in [0.3, 0.4) is 0 Å². The minimum Gasteiger partial charge on any atom is -0.395 e. The first-order valence-electron chi connectivity index (χ1n) is 7.27. The zero-order valence-electron chi connectivity index (χ0n) is 12.4. The molecule has 1 aromatic heterocycles. The summed E-state index contributed by atoms with van der Waals surface area (Å²) in [6, 6.07) is 7.37. The predicted molar refractivity (Wildman–Crippen MR) is 82.3 cm³/mol. The number of hydrogen-bond donors (Lipinski definition) is 1. The van der Waals surface area contributed by atoms with Crippen LogP contribution in [0.25, 0.3) is 5.69 Å². The van der Waals surface area contributed by atoms with Crippen molar-refractivity contribution in [3.63, 3.8) is 0 Å². The molecule has 22 heavy (non-hydrogen) atoms. The summed E-state index contributed by atoms with van der Waals surface area (Å²) in [5.74, 6) is 0. The van der Waals surface area contributed by atoms with Crippen LogP contribution in [-0.2, 0) is 10.0 Å². The zero-order valence-corrected chi connectivity index (χ0v) is 13.2. The van der Waals surface area contributed by atoms with Crippen molar-refractivity contribution in [2.24, 2.45) is 0 Å². The Bertz CT molecular complexity index is 753. The summed E-state index contributed by atoms with van der Waals surface area (Å²) in [6.45, 7) is 2.29. The molecular formula is C15H19N3O3S. The number of sulfonamides is 1. The van der Waals surface area contributed by atoms with E-state index in [2.05, 4.69) is 5.10 Å². The van der Waals surface area contributed by atoms with Crippen molar-refractivity contribution >= 4 is 10.0 Å². The fourth-order valence-electron chi connectivity index (χ4n) is 2.72. The maximum atomic E-state index is 12.7. The highest BCUT2D eigenvalue weighted by molar-refractivity contribution is 7.89. The second-order valence-corrected chi connectivity index (χ2v) is 7.44. The molecule has 0 aliphatic carbocycles. The number of aliphatic hydroxyl groups excluding tert-OH is 1. The summed E-state index contributed by atoms with van der Waals surface area (Å²) in [7, 11) is -3.61. The maximum absolute atomic E-state index is 12.7. The quantitative estimate of drug-likeness (QED) is 0.922. The van der Waals surface area contributed by atoms with E-state index in [9.17, 15) is 13.5 Å². The van der Waals surface area contributed by atoms with Crippen LogP contribution < -0.4 is 0 Å². The van der Waals surface area contributed by atoms with Gasteiger partial charge in [0.2, 0.25) is 10.0 Å². The molecule has 1 saturated heterocycles. The highest BCUT2D eigenvalue weighted by atomic mass is 32.2. The van der Waals surface area contributed by atoms with Crippen molar-refractivity contribution in [1.82, 2.24) is 14.1 Å². The Morgan fingerprint density at radius 3 is 2.73 bits per heavy atom. The molecule has 0 radical (unpaired) electrons. The molecule has 3 rings (SSSR count). The van der Waals surface area contributed by atoms with E-state index < -0.39 is 10.0 Å². The van der Waals surface area contributed by atoms with E-state index in [0.29, 0.717) is 13.0 Å². The molecule has 1 N–H and O–H groups in total. The van der Waals surface area contributed by atoms with Crippen molar-refractivity contribution in [3.8, 4) is 5.69 Å². The molecule has 0 spiro atoms. The molecule has 1 atom stereocenters. The van der Waals surface area contributed by atoms with Crippen molar-refractivity contribution in [3.05, 3.63) is 42.2 Å². The topological polar surface area (TPSA) is 75.4 Å². The van der Waals surface area contributed by atoms with E-state index in [4.69, 9.17) is 0 Å². The van der Waals surface area contributed by atoms with Gasteiger partial charge in [0.1, 0.15) is 4.90 Å². The van der Waals surface area contributed by atoms with Gasteiger partial charge >= 0.3 is 0 Å². The molecule has 0 bridgehead atoms. The van der Waals surface area contributed by atoms with E-state index >= 15 is 0 Å². The summed E-state index contributed by atoms with van der Waals surface area (Å²) in [5, 5.41) is 13.5. The fourth-order valence-corrected chi connectivity index (χ4v) is 4.34. The predicted octanol–water partition coefficient (Wildman–Crippen LogP) is 1.33. The van der Waals surface area contributed by atoms with Crippen LogP contribution in [0.1, 0.15) is 18.4 Å². The summed E-state index contributed by atoms with van der Waals surface area (Å²) in [5.41, 5.74) is 1.94. The maximum Gasteiger partial charge on any atom is 0.246 e. The number of benzene rings is 1. The molecule has 6 nitrogen and oxygen atoms in total. The number of aliphatic hydroxyl groups is 1. The third-order valence-corrected chi connectivity index (χ3v) is 5.90. The van der Waals surface area contributed by atoms with Gasteiger partial charge in [-0.1, -0.05) is 17.7 Å². The van der Waals surface area contributed by atoms with Crippen LogP contribution in [0.4, 0.5) is 0 Å². The minimum absolute atomic E-state index is 0.147. The lowest BCUT2D eigenvalue weighted by molar-refractivity contribution is 0.213. The van der Waals surface area contributed by atoms with Crippen molar-refractivity contribution in [2.75, 3.05) is 13.2 Å². The highest BCUT2D eigenvalue weighted by Crippen LogP contribution is 2.26. The molecular weight excluding hydrogens is 302 g/mol. The Morgan fingerprint density at radius 1 is 1.32 bits per heavy atom. The Labute approximate surface area is 130 Å². The van der Waals surface area contributed by atoms with E-state index in [-0.39, 0.29) is 17.5 Å². The minimum atomic E-state index is -3.61. The van der Waals surface area contributed by atoms with Gasteiger partial charge in [0.15, 0.2) is 0 Å².